The van der Waals surface area contributed by atoms with Crippen molar-refractivity contribution < 1.29 is 0 Å². The summed E-state index contributed by atoms with van der Waals surface area (Å²) in [6, 6.07) is 0. The van der Waals surface area contributed by atoms with E-state index in [1.54, 1.807) is 47.0 Å². The second kappa shape index (κ2) is 5.08. The van der Waals surface area contributed by atoms with Gasteiger partial charge in [-0.05, 0) is 16.2 Å². The molecule has 1 aromatic rings. The van der Waals surface area contributed by atoms with Crippen LogP contribution in [0.5, 0.6) is 0 Å². The molecule has 18 heavy (non-hydrogen) atoms. The summed E-state index contributed by atoms with van der Waals surface area (Å²) in [4.78, 5) is 12.9. The smallest absolute Gasteiger partial charge is 0.225 e. The van der Waals surface area contributed by atoms with Crippen molar-refractivity contribution in [1.82, 2.24) is 15.0 Å². The predicted octanol–water partition coefficient (Wildman–Crippen LogP) is 2.89. The fraction of sp³-hybridized carbons (Fsp3) is 0. The number of nitrogens with zero attached hydrogens (tertiary/aromatic N) is 3. The quantitative estimate of drug-likeness (QED) is 0.812. The first-order valence-corrected chi connectivity index (χ1v) is 8.22. The van der Waals surface area contributed by atoms with E-state index in [9.17, 15) is 0 Å². The summed E-state index contributed by atoms with van der Waals surface area (Å²) < 4.78 is 2.52. The van der Waals surface area contributed by atoms with Gasteiger partial charge in [-0.3, -0.25) is 0 Å². The van der Waals surface area contributed by atoms with Gasteiger partial charge in [-0.25, -0.2) is 0 Å². The fourth-order valence-corrected chi connectivity index (χ4v) is 5.65. The molecule has 0 fully saturated rings. The molecule has 0 amide bonds. The summed E-state index contributed by atoms with van der Waals surface area (Å²) in [6.07, 6.45) is 0. The minimum Gasteiger partial charge on any atom is -0.368 e. The monoisotopic (exact) mass is 313 g/mol. The third-order valence-electron chi connectivity index (χ3n) is 1.94. The number of thioether (sulfide) groups is 4. The van der Waals surface area contributed by atoms with E-state index < -0.39 is 0 Å². The van der Waals surface area contributed by atoms with Crippen LogP contribution in [0, 0.1) is 0 Å². The Hall–Kier alpha value is -0.770. The first kappa shape index (κ1) is 12.3. The summed E-state index contributed by atoms with van der Waals surface area (Å²) in [5.74, 6) is 0.835. The molecule has 0 spiro atoms. The molecule has 2 aliphatic rings. The number of nitrogen functional groups attached to an aromatic ring is 2. The molecule has 0 atom stereocenters. The van der Waals surface area contributed by atoms with Gasteiger partial charge in [0, 0.05) is 0 Å². The van der Waals surface area contributed by atoms with Gasteiger partial charge in [-0.15, -0.1) is 0 Å². The normalized spacial score (nSPS) is 18.6. The number of rotatable bonds is 1. The van der Waals surface area contributed by atoms with Gasteiger partial charge in [0.05, 0.1) is 13.4 Å². The molecule has 0 saturated heterocycles. The first-order chi connectivity index (χ1) is 8.72. The van der Waals surface area contributed by atoms with Gasteiger partial charge in [0.25, 0.3) is 0 Å². The van der Waals surface area contributed by atoms with Crippen molar-refractivity contribution in [3.63, 3.8) is 0 Å². The average Bonchev–Trinajstić information content (AvgIpc) is 2.99. The molecule has 2 aliphatic heterocycles. The molecule has 0 radical (unpaired) electrons. The summed E-state index contributed by atoms with van der Waals surface area (Å²) in [5.41, 5.74) is 11.1. The van der Waals surface area contributed by atoms with Crippen LogP contribution in [0.25, 0.3) is 4.91 Å². The lowest BCUT2D eigenvalue weighted by Crippen LogP contribution is -2.05. The van der Waals surface area contributed by atoms with Crippen LogP contribution in [0.3, 0.4) is 0 Å². The van der Waals surface area contributed by atoms with Crippen LogP contribution >= 0.6 is 47.0 Å². The Balaban J connectivity index is 1.85. The van der Waals surface area contributed by atoms with Crippen molar-refractivity contribution in [2.24, 2.45) is 0 Å². The largest absolute Gasteiger partial charge is 0.368 e. The van der Waals surface area contributed by atoms with Crippen molar-refractivity contribution in [3.05, 3.63) is 30.5 Å². The summed E-state index contributed by atoms with van der Waals surface area (Å²) in [5, 5.41) is 6.16. The van der Waals surface area contributed by atoms with E-state index >= 15 is 0 Å². The average molecular weight is 313 g/mol. The predicted molar refractivity (Wildman–Crippen MR) is 83.2 cm³/mol. The summed E-state index contributed by atoms with van der Waals surface area (Å²) in [7, 11) is 0. The number of aromatic nitrogens is 3. The van der Waals surface area contributed by atoms with E-state index in [2.05, 4.69) is 25.8 Å². The third-order valence-corrected chi connectivity index (χ3v) is 6.96. The molecule has 9 heteroatoms. The van der Waals surface area contributed by atoms with E-state index in [0.717, 1.165) is 4.91 Å². The van der Waals surface area contributed by atoms with Gasteiger partial charge in [0.1, 0.15) is 0 Å². The van der Waals surface area contributed by atoms with E-state index in [4.69, 9.17) is 11.5 Å². The van der Waals surface area contributed by atoms with Crippen LogP contribution in [0.4, 0.5) is 11.9 Å². The second-order valence-corrected chi connectivity index (χ2v) is 7.44. The van der Waals surface area contributed by atoms with Crippen molar-refractivity contribution in [2.75, 3.05) is 11.5 Å². The van der Waals surface area contributed by atoms with Gasteiger partial charge < -0.3 is 11.5 Å². The van der Waals surface area contributed by atoms with E-state index in [-0.39, 0.29) is 11.9 Å². The number of hydrogen-bond donors (Lipinski definition) is 2. The second-order valence-electron chi connectivity index (χ2n) is 3.16. The minimum atomic E-state index is 0.149. The highest BCUT2D eigenvalue weighted by Crippen LogP contribution is 2.55. The number of hydrogen-bond acceptors (Lipinski definition) is 9. The lowest BCUT2D eigenvalue weighted by Gasteiger charge is -2.03. The first-order valence-electron chi connectivity index (χ1n) is 4.77. The Morgan fingerprint density at radius 1 is 0.833 bits per heavy atom. The molecule has 1 aromatic heterocycles. The maximum Gasteiger partial charge on any atom is 0.225 e. The molecule has 5 nitrogen and oxygen atoms in total. The molecule has 0 saturated carbocycles. The van der Waals surface area contributed by atoms with Crippen LogP contribution in [0.1, 0.15) is 5.82 Å². The molecule has 0 aliphatic carbocycles. The van der Waals surface area contributed by atoms with Gasteiger partial charge in [0.2, 0.25) is 11.9 Å². The highest BCUT2D eigenvalue weighted by atomic mass is 32.2. The van der Waals surface area contributed by atoms with Crippen molar-refractivity contribution >= 4 is 63.8 Å². The van der Waals surface area contributed by atoms with Gasteiger partial charge >= 0.3 is 0 Å². The Morgan fingerprint density at radius 2 is 1.50 bits per heavy atom. The Morgan fingerprint density at radius 3 is 2.17 bits per heavy atom. The highest BCUT2D eigenvalue weighted by Gasteiger charge is 2.21. The van der Waals surface area contributed by atoms with Crippen LogP contribution in [0.2, 0.25) is 0 Å². The zero-order valence-electron chi connectivity index (χ0n) is 8.86. The van der Waals surface area contributed by atoms with Crippen LogP contribution in [0.15, 0.2) is 24.7 Å². The maximum atomic E-state index is 5.57. The Kier molecular flexibility index (Phi) is 3.46. The Bertz CT molecular complexity index is 564. The van der Waals surface area contributed by atoms with Crippen molar-refractivity contribution in [3.8, 4) is 0 Å². The summed E-state index contributed by atoms with van der Waals surface area (Å²) >= 11 is 6.76. The molecule has 3 rings (SSSR count). The molecule has 3 heterocycles. The zero-order chi connectivity index (χ0) is 12.5. The Labute approximate surface area is 120 Å². The van der Waals surface area contributed by atoms with Gasteiger partial charge in [0.15, 0.2) is 5.82 Å². The van der Waals surface area contributed by atoms with Crippen molar-refractivity contribution in [1.29, 1.82) is 0 Å². The van der Waals surface area contributed by atoms with E-state index in [1.165, 1.54) is 8.47 Å². The van der Waals surface area contributed by atoms with Crippen molar-refractivity contribution in [2.45, 2.75) is 0 Å². The van der Waals surface area contributed by atoms with Gasteiger partial charge in [-0.1, -0.05) is 47.0 Å². The lowest BCUT2D eigenvalue weighted by molar-refractivity contribution is 1.05. The minimum absolute atomic E-state index is 0.149. The summed E-state index contributed by atoms with van der Waals surface area (Å²) in [6.45, 7) is 0. The standard InChI is InChI=1S/C9H7N5S4/c10-8-12-5(13-9(11)14-8)4-3-17-7(18-4)6-15-1-2-16-6/h1-3H,(H4,10,11,12,13,14). The lowest BCUT2D eigenvalue weighted by atomic mass is 10.6. The SMILES string of the molecule is Nc1nc(N)nc(C2=CSC(=C3SC=CS3)S2)n1. The van der Waals surface area contributed by atoms with Gasteiger partial charge in [-0.2, -0.15) is 15.0 Å². The number of anilines is 2. The molecular weight excluding hydrogens is 306 g/mol. The molecule has 92 valence electrons. The fourth-order valence-electron chi connectivity index (χ4n) is 1.27. The maximum absolute atomic E-state index is 5.57. The molecule has 0 aromatic carbocycles. The van der Waals surface area contributed by atoms with E-state index in [1.807, 2.05) is 5.41 Å². The highest BCUT2D eigenvalue weighted by molar-refractivity contribution is 8.35. The molecule has 0 bridgehead atoms. The topological polar surface area (TPSA) is 90.7 Å². The third kappa shape index (κ3) is 2.48. The van der Waals surface area contributed by atoms with Crippen LogP contribution in [-0.4, -0.2) is 15.0 Å². The van der Waals surface area contributed by atoms with Crippen LogP contribution in [-0.2, 0) is 0 Å². The molecule has 0 unspecified atom stereocenters. The molecule has 4 N–H and O–H groups in total. The van der Waals surface area contributed by atoms with E-state index in [0.29, 0.717) is 5.82 Å². The number of nitrogens with two attached hydrogens (primary N) is 2. The van der Waals surface area contributed by atoms with Crippen LogP contribution < -0.4 is 11.5 Å². The zero-order valence-corrected chi connectivity index (χ0v) is 12.1. The molecular formula is C9H7N5S4.